The third kappa shape index (κ3) is 7.58. The molecular formula is C33H44FN3. The largest absolute Gasteiger partial charge is 0.399 e. The Kier molecular flexibility index (Phi) is 9.26. The number of nitrogens with two attached hydrogens (primary N) is 1. The van der Waals surface area contributed by atoms with Crippen LogP contribution in [-0.2, 0) is 19.3 Å². The summed E-state index contributed by atoms with van der Waals surface area (Å²) in [5.41, 5.74) is 13.4. The number of anilines is 2. The van der Waals surface area contributed by atoms with Crippen LogP contribution in [0.3, 0.4) is 0 Å². The number of nitrogen functional groups attached to an aromatic ring is 1. The van der Waals surface area contributed by atoms with Gasteiger partial charge < -0.3 is 15.5 Å². The fraction of sp³-hybridized carbons (Fsp3) is 0.455. The van der Waals surface area contributed by atoms with Crippen molar-refractivity contribution in [1.82, 2.24) is 4.90 Å². The van der Waals surface area contributed by atoms with Crippen molar-refractivity contribution < 1.29 is 4.39 Å². The summed E-state index contributed by atoms with van der Waals surface area (Å²) in [6.45, 7) is 13.6. The number of hydrogen-bond acceptors (Lipinski definition) is 3. The number of halogens is 1. The Morgan fingerprint density at radius 2 is 1.54 bits per heavy atom. The fourth-order valence-electron chi connectivity index (χ4n) is 5.76. The van der Waals surface area contributed by atoms with Gasteiger partial charge in [0, 0.05) is 31.0 Å². The molecule has 1 aliphatic rings. The van der Waals surface area contributed by atoms with Gasteiger partial charge in [-0.15, -0.1) is 0 Å². The van der Waals surface area contributed by atoms with Crippen LogP contribution in [0.25, 0.3) is 0 Å². The van der Waals surface area contributed by atoms with Crippen molar-refractivity contribution in [2.75, 3.05) is 36.8 Å². The van der Waals surface area contributed by atoms with Crippen LogP contribution in [0.15, 0.2) is 66.7 Å². The number of nitrogens with zero attached hydrogens (tertiary/aromatic N) is 2. The average Bonchev–Trinajstić information content (AvgIpc) is 2.85. The first kappa shape index (κ1) is 27.2. The molecule has 3 aromatic rings. The third-order valence-corrected chi connectivity index (χ3v) is 7.32. The van der Waals surface area contributed by atoms with Crippen molar-refractivity contribution in [1.29, 1.82) is 0 Å². The molecule has 0 aromatic heterocycles. The van der Waals surface area contributed by atoms with Crippen LogP contribution in [-0.4, -0.2) is 31.1 Å². The molecule has 0 aliphatic carbocycles. The Morgan fingerprint density at radius 1 is 0.892 bits per heavy atom. The van der Waals surface area contributed by atoms with Crippen molar-refractivity contribution >= 4 is 11.4 Å². The predicted octanol–water partition coefficient (Wildman–Crippen LogP) is 7.30. The summed E-state index contributed by atoms with van der Waals surface area (Å²) in [5.74, 6) is 1.21. The second kappa shape index (κ2) is 12.6. The first-order chi connectivity index (χ1) is 17.8. The van der Waals surface area contributed by atoms with Crippen molar-refractivity contribution in [3.05, 3.63) is 94.8 Å². The molecule has 0 bridgehead atoms. The molecule has 4 rings (SSSR count). The van der Waals surface area contributed by atoms with Gasteiger partial charge in [-0.25, -0.2) is 4.39 Å². The van der Waals surface area contributed by atoms with E-state index < -0.39 is 0 Å². The fourth-order valence-corrected chi connectivity index (χ4v) is 5.76. The van der Waals surface area contributed by atoms with Crippen molar-refractivity contribution in [3.63, 3.8) is 0 Å². The van der Waals surface area contributed by atoms with Crippen LogP contribution in [0.4, 0.5) is 15.8 Å². The molecule has 37 heavy (non-hydrogen) atoms. The molecule has 0 radical (unpaired) electrons. The minimum Gasteiger partial charge on any atom is -0.399 e. The molecule has 3 nitrogen and oxygen atoms in total. The van der Waals surface area contributed by atoms with E-state index in [9.17, 15) is 4.39 Å². The Balaban J connectivity index is 1.44. The first-order valence-corrected chi connectivity index (χ1v) is 14.0. The quantitative estimate of drug-likeness (QED) is 0.280. The van der Waals surface area contributed by atoms with Gasteiger partial charge in [0.1, 0.15) is 5.82 Å². The lowest BCUT2D eigenvalue weighted by Crippen LogP contribution is -2.36. The lowest BCUT2D eigenvalue weighted by atomic mass is 9.87. The maximum Gasteiger partial charge on any atom is 0.123 e. The second-order valence-corrected chi connectivity index (χ2v) is 11.6. The van der Waals surface area contributed by atoms with Crippen LogP contribution in [0.1, 0.15) is 62.4 Å². The van der Waals surface area contributed by atoms with Crippen molar-refractivity contribution in [3.8, 4) is 0 Å². The van der Waals surface area contributed by atoms with E-state index >= 15 is 0 Å². The molecule has 0 saturated carbocycles. The van der Waals surface area contributed by atoms with Gasteiger partial charge in [-0.1, -0.05) is 58.0 Å². The lowest BCUT2D eigenvalue weighted by Gasteiger charge is -2.39. The highest BCUT2D eigenvalue weighted by Crippen LogP contribution is 2.37. The van der Waals surface area contributed by atoms with Gasteiger partial charge in [-0.2, -0.15) is 0 Å². The van der Waals surface area contributed by atoms with E-state index in [-0.39, 0.29) is 11.9 Å². The zero-order chi connectivity index (χ0) is 26.4. The number of rotatable bonds is 11. The molecule has 0 spiro atoms. The summed E-state index contributed by atoms with van der Waals surface area (Å²) in [5, 5.41) is 0. The zero-order valence-corrected chi connectivity index (χ0v) is 23.1. The maximum absolute atomic E-state index is 13.6. The summed E-state index contributed by atoms with van der Waals surface area (Å²) in [6, 6.07) is 22.6. The molecule has 1 aliphatic heterocycles. The van der Waals surface area contributed by atoms with Gasteiger partial charge in [0.05, 0.1) is 6.04 Å². The van der Waals surface area contributed by atoms with E-state index in [1.165, 1.54) is 41.8 Å². The molecular weight excluding hydrogens is 457 g/mol. The highest BCUT2D eigenvalue weighted by atomic mass is 19.1. The van der Waals surface area contributed by atoms with E-state index in [2.05, 4.69) is 73.9 Å². The number of hydrogen-bond donors (Lipinski definition) is 1. The minimum atomic E-state index is -0.197. The van der Waals surface area contributed by atoms with Gasteiger partial charge >= 0.3 is 0 Å². The minimum absolute atomic E-state index is 0.196. The number of benzene rings is 3. The van der Waals surface area contributed by atoms with E-state index in [0.29, 0.717) is 11.8 Å². The Labute approximate surface area is 223 Å². The Bertz CT molecular complexity index is 1110. The standard InChI is InChI=1S/C33H44FN3/c1-24(2)22-36(23-25(3)4)18-5-6-26-7-9-27(10-8-26)20-33-32-16-13-30(35)21-28(32)17-19-37(33)31-14-11-29(34)12-15-31/h7-16,21,24-25,33H,5-6,17-20,22-23,35H2,1-4H3. The second-order valence-electron chi connectivity index (χ2n) is 11.6. The van der Waals surface area contributed by atoms with Crippen LogP contribution in [0.5, 0.6) is 0 Å². The maximum atomic E-state index is 13.6. The summed E-state index contributed by atoms with van der Waals surface area (Å²) in [7, 11) is 0. The van der Waals surface area contributed by atoms with Gasteiger partial charge in [0.15, 0.2) is 0 Å². The Morgan fingerprint density at radius 3 is 2.19 bits per heavy atom. The Hall–Kier alpha value is -2.85. The SMILES string of the molecule is CC(C)CN(CCCc1ccc(CC2c3ccc(N)cc3CCN2c2ccc(F)cc2)cc1)CC(C)C. The lowest BCUT2D eigenvalue weighted by molar-refractivity contribution is 0.217. The van der Waals surface area contributed by atoms with Crippen molar-refractivity contribution in [2.24, 2.45) is 11.8 Å². The van der Waals surface area contributed by atoms with Gasteiger partial charge in [0.2, 0.25) is 0 Å². The molecule has 3 aromatic carbocycles. The van der Waals surface area contributed by atoms with Gasteiger partial charge in [-0.05, 0) is 103 Å². The van der Waals surface area contributed by atoms with E-state index in [1.54, 1.807) is 12.1 Å². The summed E-state index contributed by atoms with van der Waals surface area (Å²) < 4.78 is 13.6. The van der Waals surface area contributed by atoms with Crippen LogP contribution >= 0.6 is 0 Å². The average molecular weight is 502 g/mol. The smallest absolute Gasteiger partial charge is 0.123 e. The van der Waals surface area contributed by atoms with Crippen LogP contribution < -0.4 is 10.6 Å². The number of aryl methyl sites for hydroxylation is 1. The normalized spacial score (nSPS) is 15.6. The molecule has 1 atom stereocenters. The molecule has 0 saturated heterocycles. The predicted molar refractivity (Wildman–Crippen MR) is 156 cm³/mol. The molecule has 0 amide bonds. The number of fused-ring (bicyclic) bond motifs is 1. The molecule has 0 fully saturated rings. The highest BCUT2D eigenvalue weighted by molar-refractivity contribution is 5.55. The third-order valence-electron chi connectivity index (χ3n) is 7.32. The highest BCUT2D eigenvalue weighted by Gasteiger charge is 2.28. The topological polar surface area (TPSA) is 32.5 Å². The zero-order valence-electron chi connectivity index (χ0n) is 23.1. The molecule has 198 valence electrons. The van der Waals surface area contributed by atoms with Crippen molar-refractivity contribution in [2.45, 2.75) is 59.4 Å². The molecule has 4 heteroatoms. The van der Waals surface area contributed by atoms with Gasteiger partial charge in [-0.3, -0.25) is 0 Å². The molecule has 2 N–H and O–H groups in total. The summed E-state index contributed by atoms with van der Waals surface area (Å²) in [6.07, 6.45) is 4.15. The molecule has 1 unspecified atom stereocenters. The first-order valence-electron chi connectivity index (χ1n) is 14.0. The van der Waals surface area contributed by atoms with E-state index in [0.717, 1.165) is 43.7 Å². The van der Waals surface area contributed by atoms with Gasteiger partial charge in [0.25, 0.3) is 0 Å². The van der Waals surface area contributed by atoms with E-state index in [4.69, 9.17) is 5.73 Å². The van der Waals surface area contributed by atoms with Crippen LogP contribution in [0, 0.1) is 17.7 Å². The summed E-state index contributed by atoms with van der Waals surface area (Å²) in [4.78, 5) is 5.05. The monoisotopic (exact) mass is 501 g/mol. The summed E-state index contributed by atoms with van der Waals surface area (Å²) >= 11 is 0. The van der Waals surface area contributed by atoms with E-state index in [1.807, 2.05) is 18.2 Å². The molecule has 1 heterocycles. The van der Waals surface area contributed by atoms with Crippen LogP contribution in [0.2, 0.25) is 0 Å².